The summed E-state index contributed by atoms with van der Waals surface area (Å²) in [5.74, 6) is -4.07. The lowest BCUT2D eigenvalue weighted by Crippen LogP contribution is -2.00. The van der Waals surface area contributed by atoms with Gasteiger partial charge in [-0.05, 0) is 18.9 Å². The van der Waals surface area contributed by atoms with Crippen LogP contribution in [0.5, 0.6) is 0 Å². The Hall–Kier alpha value is -1.29. The molecule has 0 spiro atoms. The number of rotatable bonds is 1. The number of pyridine rings is 1. The molecule has 0 saturated carbocycles. The molecule has 0 aliphatic rings. The minimum absolute atomic E-state index is 0.0360. The van der Waals surface area contributed by atoms with Gasteiger partial charge in [0.1, 0.15) is 0 Å². The number of hydrogen-bond acceptors (Lipinski definition) is 1. The number of halogens is 4. The van der Waals surface area contributed by atoms with Crippen molar-refractivity contribution in [2.75, 3.05) is 0 Å². The number of aromatic nitrogens is 1. The third-order valence-corrected chi connectivity index (χ3v) is 3.19. The van der Waals surface area contributed by atoms with E-state index in [1.165, 1.54) is 0 Å². The Balaban J connectivity index is 2.97. The summed E-state index contributed by atoms with van der Waals surface area (Å²) in [5, 5.41) is -0.0801. The van der Waals surface area contributed by atoms with Crippen LogP contribution in [0.1, 0.15) is 18.2 Å². The number of nitrogens with zero attached hydrogens (tertiary/aromatic N) is 1. The molecule has 1 aromatic heterocycles. The first-order valence-corrected chi connectivity index (χ1v) is 5.47. The summed E-state index contributed by atoms with van der Waals surface area (Å²) < 4.78 is 39.8. The highest BCUT2D eigenvalue weighted by Gasteiger charge is 2.19. The van der Waals surface area contributed by atoms with E-state index < -0.39 is 17.5 Å². The highest BCUT2D eigenvalue weighted by Crippen LogP contribution is 2.32. The predicted molar refractivity (Wildman–Crippen MR) is 60.7 cm³/mol. The van der Waals surface area contributed by atoms with Crippen molar-refractivity contribution < 1.29 is 13.2 Å². The third-order valence-electron chi connectivity index (χ3n) is 2.71. The van der Waals surface area contributed by atoms with Gasteiger partial charge in [-0.25, -0.2) is 13.2 Å². The Morgan fingerprint density at radius 2 is 1.88 bits per heavy atom. The zero-order valence-electron chi connectivity index (χ0n) is 9.24. The molecule has 0 atom stereocenters. The first-order chi connectivity index (χ1) is 7.97. The van der Waals surface area contributed by atoms with Crippen LogP contribution in [0.3, 0.4) is 0 Å². The Bertz CT molecular complexity index is 611. The molecule has 5 heteroatoms. The van der Waals surface area contributed by atoms with E-state index in [9.17, 15) is 13.2 Å². The molecule has 2 aromatic rings. The van der Waals surface area contributed by atoms with Crippen LogP contribution in [0.15, 0.2) is 6.07 Å². The number of hydrogen-bond donors (Lipinski definition) is 0. The van der Waals surface area contributed by atoms with Crippen molar-refractivity contribution in [3.8, 4) is 0 Å². The second-order valence-electron chi connectivity index (χ2n) is 3.73. The van der Waals surface area contributed by atoms with Crippen LogP contribution in [0.4, 0.5) is 13.2 Å². The average Bonchev–Trinajstić information content (AvgIpc) is 2.30. The number of fused-ring (bicyclic) bond motifs is 1. The fraction of sp³-hybridized carbons (Fsp3) is 0.250. The quantitative estimate of drug-likeness (QED) is 0.700. The van der Waals surface area contributed by atoms with Gasteiger partial charge in [-0.15, -0.1) is 0 Å². The highest BCUT2D eigenvalue weighted by atomic mass is 35.5. The summed E-state index contributed by atoms with van der Waals surface area (Å²) >= 11 is 5.97. The van der Waals surface area contributed by atoms with Gasteiger partial charge in [0.25, 0.3) is 0 Å². The largest absolute Gasteiger partial charge is 0.252 e. The van der Waals surface area contributed by atoms with E-state index >= 15 is 0 Å². The summed E-state index contributed by atoms with van der Waals surface area (Å²) in [6.45, 7) is 3.53. The lowest BCUT2D eigenvalue weighted by Gasteiger charge is -2.10. The van der Waals surface area contributed by atoms with Gasteiger partial charge in [-0.2, -0.15) is 0 Å². The Morgan fingerprint density at radius 3 is 2.47 bits per heavy atom. The SMILES string of the molecule is CCc1nc2cc(F)c(F)c(F)c2c(Cl)c1C. The van der Waals surface area contributed by atoms with Crippen molar-refractivity contribution in [1.29, 1.82) is 0 Å². The molecule has 1 nitrogen and oxygen atoms in total. The Labute approximate surface area is 101 Å². The summed E-state index contributed by atoms with van der Waals surface area (Å²) in [7, 11) is 0. The van der Waals surface area contributed by atoms with Crippen molar-refractivity contribution in [3.63, 3.8) is 0 Å². The van der Waals surface area contributed by atoms with E-state index in [2.05, 4.69) is 4.98 Å². The monoisotopic (exact) mass is 259 g/mol. The van der Waals surface area contributed by atoms with Gasteiger partial charge in [0.2, 0.25) is 0 Å². The Kier molecular flexibility index (Phi) is 3.00. The molecule has 0 aliphatic carbocycles. The smallest absolute Gasteiger partial charge is 0.195 e. The molecule has 0 saturated heterocycles. The lowest BCUT2D eigenvalue weighted by molar-refractivity contribution is 0.453. The zero-order valence-corrected chi connectivity index (χ0v) is 10.00. The molecule has 0 fully saturated rings. The van der Waals surface area contributed by atoms with E-state index in [-0.39, 0.29) is 15.9 Å². The summed E-state index contributed by atoms with van der Waals surface area (Å²) in [6, 6.07) is 0.859. The number of benzene rings is 1. The summed E-state index contributed by atoms with van der Waals surface area (Å²) in [5.41, 5.74) is 1.27. The fourth-order valence-corrected chi connectivity index (χ4v) is 2.06. The molecule has 17 heavy (non-hydrogen) atoms. The first-order valence-electron chi connectivity index (χ1n) is 5.09. The van der Waals surface area contributed by atoms with Gasteiger partial charge < -0.3 is 0 Å². The average molecular weight is 260 g/mol. The maximum absolute atomic E-state index is 13.6. The molecular formula is C12H9ClF3N. The fourth-order valence-electron chi connectivity index (χ4n) is 1.77. The molecule has 0 unspecified atom stereocenters. The topological polar surface area (TPSA) is 12.9 Å². The third kappa shape index (κ3) is 1.76. The second kappa shape index (κ2) is 4.18. The normalized spacial score (nSPS) is 11.2. The standard InChI is InChI=1S/C12H9ClF3N/c1-3-7-5(2)10(13)9-8(17-7)4-6(14)11(15)12(9)16/h4H,3H2,1-2H3. The minimum Gasteiger partial charge on any atom is -0.252 e. The van der Waals surface area contributed by atoms with Gasteiger partial charge in [-0.3, -0.25) is 4.98 Å². The predicted octanol–water partition coefficient (Wildman–Crippen LogP) is 4.18. The lowest BCUT2D eigenvalue weighted by atomic mass is 10.1. The molecule has 0 amide bonds. The van der Waals surface area contributed by atoms with Crippen molar-refractivity contribution in [2.45, 2.75) is 20.3 Å². The van der Waals surface area contributed by atoms with E-state index in [4.69, 9.17) is 11.6 Å². The van der Waals surface area contributed by atoms with Crippen LogP contribution in [-0.2, 0) is 6.42 Å². The van der Waals surface area contributed by atoms with Gasteiger partial charge >= 0.3 is 0 Å². The second-order valence-corrected chi connectivity index (χ2v) is 4.11. The van der Waals surface area contributed by atoms with Crippen molar-refractivity contribution >= 4 is 22.5 Å². The van der Waals surface area contributed by atoms with Gasteiger partial charge in [0.05, 0.1) is 15.9 Å². The van der Waals surface area contributed by atoms with Crippen LogP contribution in [0, 0.1) is 24.4 Å². The molecule has 0 radical (unpaired) electrons. The van der Waals surface area contributed by atoms with E-state index in [0.717, 1.165) is 6.07 Å². The molecule has 0 bridgehead atoms. The van der Waals surface area contributed by atoms with Crippen LogP contribution in [0.2, 0.25) is 5.02 Å². The highest BCUT2D eigenvalue weighted by molar-refractivity contribution is 6.36. The molecular weight excluding hydrogens is 251 g/mol. The molecule has 1 aromatic carbocycles. The summed E-state index contributed by atoms with van der Waals surface area (Å²) in [6.07, 6.45) is 0.585. The van der Waals surface area contributed by atoms with Crippen LogP contribution >= 0.6 is 11.6 Å². The molecule has 2 rings (SSSR count). The first kappa shape index (κ1) is 12.2. The maximum Gasteiger partial charge on any atom is 0.195 e. The van der Waals surface area contributed by atoms with Crippen molar-refractivity contribution in [1.82, 2.24) is 4.98 Å². The van der Waals surface area contributed by atoms with Crippen LogP contribution in [-0.4, -0.2) is 4.98 Å². The zero-order chi connectivity index (χ0) is 12.7. The molecule has 90 valence electrons. The van der Waals surface area contributed by atoms with E-state index in [0.29, 0.717) is 17.7 Å². The molecule has 0 aliphatic heterocycles. The van der Waals surface area contributed by atoms with E-state index in [1.54, 1.807) is 6.92 Å². The Morgan fingerprint density at radius 1 is 1.24 bits per heavy atom. The number of aryl methyl sites for hydroxylation is 1. The van der Waals surface area contributed by atoms with Crippen molar-refractivity contribution in [3.05, 3.63) is 39.8 Å². The van der Waals surface area contributed by atoms with E-state index in [1.807, 2.05) is 6.92 Å². The van der Waals surface area contributed by atoms with Crippen LogP contribution in [0.25, 0.3) is 10.9 Å². The summed E-state index contributed by atoms with van der Waals surface area (Å²) in [4.78, 5) is 4.09. The van der Waals surface area contributed by atoms with Crippen LogP contribution < -0.4 is 0 Å². The maximum atomic E-state index is 13.6. The van der Waals surface area contributed by atoms with Crippen molar-refractivity contribution in [2.24, 2.45) is 0 Å². The minimum atomic E-state index is -1.52. The molecule has 0 N–H and O–H groups in total. The van der Waals surface area contributed by atoms with Gasteiger partial charge in [-0.1, -0.05) is 18.5 Å². The van der Waals surface area contributed by atoms with Gasteiger partial charge in [0.15, 0.2) is 17.5 Å². The van der Waals surface area contributed by atoms with Gasteiger partial charge in [0, 0.05) is 11.8 Å². The molecule has 1 heterocycles.